The zero-order valence-electron chi connectivity index (χ0n) is 7.80. The van der Waals surface area contributed by atoms with Gasteiger partial charge in [-0.3, -0.25) is 4.79 Å². The Kier molecular flexibility index (Phi) is 6.96. The van der Waals surface area contributed by atoms with Gasteiger partial charge in [0.1, 0.15) is 0 Å². The third kappa shape index (κ3) is 7.66. The van der Waals surface area contributed by atoms with E-state index in [1.807, 2.05) is 0 Å². The highest BCUT2D eigenvalue weighted by atomic mass is 32.2. The van der Waals surface area contributed by atoms with Gasteiger partial charge in [-0.1, -0.05) is 19.9 Å². The number of carbonyl (C=O) groups excluding carboxylic acids is 1. The summed E-state index contributed by atoms with van der Waals surface area (Å²) >= 11 is 1.81. The second-order valence-corrected chi connectivity index (χ2v) is 4.45. The SMILES string of the molecule is C=CCNC(=O)CCSC(C)C. The van der Waals surface area contributed by atoms with Crippen LogP contribution in [0.25, 0.3) is 0 Å². The van der Waals surface area contributed by atoms with Crippen LogP contribution in [0.5, 0.6) is 0 Å². The maximum absolute atomic E-state index is 11.0. The molecule has 0 saturated heterocycles. The Morgan fingerprint density at radius 3 is 2.83 bits per heavy atom. The van der Waals surface area contributed by atoms with Gasteiger partial charge in [-0.15, -0.1) is 6.58 Å². The second kappa shape index (κ2) is 7.22. The van der Waals surface area contributed by atoms with Gasteiger partial charge in [-0.2, -0.15) is 11.8 Å². The lowest BCUT2D eigenvalue weighted by molar-refractivity contribution is -0.120. The first-order valence-electron chi connectivity index (χ1n) is 4.16. The minimum absolute atomic E-state index is 0.114. The molecule has 0 spiro atoms. The van der Waals surface area contributed by atoms with Gasteiger partial charge < -0.3 is 5.32 Å². The van der Waals surface area contributed by atoms with Gasteiger partial charge in [0.2, 0.25) is 5.91 Å². The monoisotopic (exact) mass is 187 g/mol. The van der Waals surface area contributed by atoms with Crippen LogP contribution in [0.4, 0.5) is 0 Å². The molecule has 0 aliphatic rings. The highest BCUT2D eigenvalue weighted by Crippen LogP contribution is 2.09. The van der Waals surface area contributed by atoms with E-state index in [0.29, 0.717) is 18.2 Å². The van der Waals surface area contributed by atoms with Gasteiger partial charge in [0, 0.05) is 18.7 Å². The Morgan fingerprint density at radius 1 is 1.67 bits per heavy atom. The molecule has 0 aliphatic heterocycles. The molecule has 70 valence electrons. The number of amides is 1. The quantitative estimate of drug-likeness (QED) is 0.643. The van der Waals surface area contributed by atoms with Crippen molar-refractivity contribution in [3.8, 4) is 0 Å². The van der Waals surface area contributed by atoms with Crippen molar-refractivity contribution in [2.75, 3.05) is 12.3 Å². The minimum atomic E-state index is 0.114. The lowest BCUT2D eigenvalue weighted by atomic mass is 10.4. The Balaban J connectivity index is 3.25. The van der Waals surface area contributed by atoms with E-state index in [-0.39, 0.29) is 5.91 Å². The molecule has 0 aromatic heterocycles. The van der Waals surface area contributed by atoms with Crippen molar-refractivity contribution in [3.63, 3.8) is 0 Å². The number of carbonyl (C=O) groups is 1. The summed E-state index contributed by atoms with van der Waals surface area (Å²) in [5, 5.41) is 3.34. The van der Waals surface area contributed by atoms with Crippen molar-refractivity contribution in [2.24, 2.45) is 0 Å². The summed E-state index contributed by atoms with van der Waals surface area (Å²) in [5.41, 5.74) is 0. The first-order valence-corrected chi connectivity index (χ1v) is 5.21. The first-order chi connectivity index (χ1) is 5.66. The van der Waals surface area contributed by atoms with E-state index in [1.165, 1.54) is 0 Å². The lowest BCUT2D eigenvalue weighted by Gasteiger charge is -2.04. The molecular weight excluding hydrogens is 170 g/mol. The fourth-order valence-corrected chi connectivity index (χ4v) is 1.44. The molecule has 1 N–H and O–H groups in total. The first kappa shape index (κ1) is 11.6. The molecule has 0 unspecified atom stereocenters. The molecule has 0 saturated carbocycles. The summed E-state index contributed by atoms with van der Waals surface area (Å²) in [6, 6.07) is 0. The van der Waals surface area contributed by atoms with Gasteiger partial charge in [-0.25, -0.2) is 0 Å². The summed E-state index contributed by atoms with van der Waals surface area (Å²) in [5.74, 6) is 1.02. The van der Waals surface area contributed by atoms with E-state index >= 15 is 0 Å². The van der Waals surface area contributed by atoms with Crippen molar-refractivity contribution in [2.45, 2.75) is 25.5 Å². The molecule has 0 aliphatic carbocycles. The molecule has 0 radical (unpaired) electrons. The van der Waals surface area contributed by atoms with Crippen LogP contribution in [-0.4, -0.2) is 23.5 Å². The normalized spacial score (nSPS) is 9.92. The van der Waals surface area contributed by atoms with E-state index in [9.17, 15) is 4.79 Å². The fraction of sp³-hybridized carbons (Fsp3) is 0.667. The van der Waals surface area contributed by atoms with E-state index in [1.54, 1.807) is 17.8 Å². The highest BCUT2D eigenvalue weighted by molar-refractivity contribution is 7.99. The highest BCUT2D eigenvalue weighted by Gasteiger charge is 2.00. The maximum atomic E-state index is 11.0. The number of hydrogen-bond donors (Lipinski definition) is 1. The largest absolute Gasteiger partial charge is 0.353 e. The molecule has 0 heterocycles. The van der Waals surface area contributed by atoms with Crippen molar-refractivity contribution >= 4 is 17.7 Å². The molecule has 0 fully saturated rings. The van der Waals surface area contributed by atoms with Crippen LogP contribution in [0, 0.1) is 0 Å². The Bertz CT molecular complexity index is 145. The number of nitrogens with one attached hydrogen (secondary N) is 1. The zero-order chi connectivity index (χ0) is 9.40. The zero-order valence-corrected chi connectivity index (χ0v) is 8.62. The third-order valence-electron chi connectivity index (χ3n) is 1.22. The van der Waals surface area contributed by atoms with Crippen LogP contribution < -0.4 is 5.32 Å². The summed E-state index contributed by atoms with van der Waals surface area (Å²) in [6.45, 7) is 8.36. The molecule has 1 amide bonds. The third-order valence-corrected chi connectivity index (χ3v) is 2.33. The minimum Gasteiger partial charge on any atom is -0.353 e. The Labute approximate surface area is 78.8 Å². The van der Waals surface area contributed by atoms with Gasteiger partial charge in [0.25, 0.3) is 0 Å². The van der Waals surface area contributed by atoms with Gasteiger partial charge in [0.15, 0.2) is 0 Å². The summed E-state index contributed by atoms with van der Waals surface area (Å²) in [4.78, 5) is 11.0. The Morgan fingerprint density at radius 2 is 2.33 bits per heavy atom. The average molecular weight is 187 g/mol. The molecule has 0 rings (SSSR count). The predicted octanol–water partition coefficient (Wildman–Crippen LogP) is 1.82. The molecule has 0 bridgehead atoms. The lowest BCUT2D eigenvalue weighted by Crippen LogP contribution is -2.23. The maximum Gasteiger partial charge on any atom is 0.221 e. The van der Waals surface area contributed by atoms with Crippen molar-refractivity contribution in [1.82, 2.24) is 5.32 Å². The molecule has 2 nitrogen and oxygen atoms in total. The van der Waals surface area contributed by atoms with Gasteiger partial charge in [-0.05, 0) is 5.25 Å². The molecule has 3 heteroatoms. The number of hydrogen-bond acceptors (Lipinski definition) is 2. The van der Waals surface area contributed by atoms with E-state index in [2.05, 4.69) is 25.7 Å². The predicted molar refractivity (Wildman–Crippen MR) is 55.4 cm³/mol. The van der Waals surface area contributed by atoms with Crippen LogP contribution in [0.1, 0.15) is 20.3 Å². The summed E-state index contributed by atoms with van der Waals surface area (Å²) in [7, 11) is 0. The smallest absolute Gasteiger partial charge is 0.221 e. The Hall–Kier alpha value is -0.440. The second-order valence-electron chi connectivity index (χ2n) is 2.76. The molecule has 0 aromatic carbocycles. The van der Waals surface area contributed by atoms with Crippen LogP contribution >= 0.6 is 11.8 Å². The summed E-state index contributed by atoms with van der Waals surface area (Å²) < 4.78 is 0. The fourth-order valence-electron chi connectivity index (χ4n) is 0.662. The molecular formula is C9H17NOS. The standard InChI is InChI=1S/C9H17NOS/c1-4-6-10-9(11)5-7-12-8(2)3/h4,8H,1,5-7H2,2-3H3,(H,10,11). The molecule has 12 heavy (non-hydrogen) atoms. The molecule has 0 atom stereocenters. The van der Waals surface area contributed by atoms with Gasteiger partial charge in [0.05, 0.1) is 0 Å². The van der Waals surface area contributed by atoms with Crippen molar-refractivity contribution in [1.29, 1.82) is 0 Å². The van der Waals surface area contributed by atoms with Crippen LogP contribution in [0.3, 0.4) is 0 Å². The number of rotatable bonds is 6. The van der Waals surface area contributed by atoms with Gasteiger partial charge >= 0.3 is 0 Å². The average Bonchev–Trinajstić information content (AvgIpc) is 2.00. The van der Waals surface area contributed by atoms with E-state index in [4.69, 9.17) is 0 Å². The number of thioether (sulfide) groups is 1. The summed E-state index contributed by atoms with van der Waals surface area (Å²) in [6.07, 6.45) is 2.30. The van der Waals surface area contributed by atoms with Crippen LogP contribution in [0.15, 0.2) is 12.7 Å². The van der Waals surface area contributed by atoms with Crippen molar-refractivity contribution < 1.29 is 4.79 Å². The van der Waals surface area contributed by atoms with Crippen LogP contribution in [-0.2, 0) is 4.79 Å². The molecule has 0 aromatic rings. The topological polar surface area (TPSA) is 29.1 Å². The van der Waals surface area contributed by atoms with E-state index < -0.39 is 0 Å². The van der Waals surface area contributed by atoms with Crippen molar-refractivity contribution in [3.05, 3.63) is 12.7 Å². The van der Waals surface area contributed by atoms with Crippen LogP contribution in [0.2, 0.25) is 0 Å². The van der Waals surface area contributed by atoms with E-state index in [0.717, 1.165) is 5.75 Å².